The molecule has 1 aromatic carbocycles. The normalized spacial score (nSPS) is 17.7. The van der Waals surface area contributed by atoms with Crippen molar-refractivity contribution in [1.29, 1.82) is 0 Å². The third kappa shape index (κ3) is 4.16. The number of amides is 1. The van der Waals surface area contributed by atoms with Crippen molar-refractivity contribution < 1.29 is 28.2 Å². The van der Waals surface area contributed by atoms with Crippen molar-refractivity contribution in [3.05, 3.63) is 62.2 Å². The highest BCUT2D eigenvalue weighted by atomic mass is 19.1. The molecule has 10 nitrogen and oxygen atoms in total. The lowest BCUT2D eigenvalue weighted by atomic mass is 9.89. The zero-order valence-electron chi connectivity index (χ0n) is 21.7. The van der Waals surface area contributed by atoms with Crippen LogP contribution in [0.1, 0.15) is 41.7 Å². The number of carbonyl (C=O) groups excluding carboxylic acids is 2. The number of nitrogens with one attached hydrogen (secondary N) is 2. The Morgan fingerprint density at radius 2 is 2.05 bits per heavy atom. The van der Waals surface area contributed by atoms with Crippen LogP contribution in [0.5, 0.6) is 0 Å². The molecule has 4 heterocycles. The van der Waals surface area contributed by atoms with Gasteiger partial charge in [0.05, 0.1) is 35.7 Å². The topological polar surface area (TPSA) is 121 Å². The quantitative estimate of drug-likeness (QED) is 0.204. The zero-order valence-corrected chi connectivity index (χ0v) is 21.7. The molecule has 2 aliphatic heterocycles. The first kappa shape index (κ1) is 26.0. The van der Waals surface area contributed by atoms with Gasteiger partial charge in [-0.05, 0) is 43.7 Å². The van der Waals surface area contributed by atoms with Gasteiger partial charge in [0.15, 0.2) is 5.60 Å². The summed E-state index contributed by atoms with van der Waals surface area (Å²) in [7, 11) is 1.38. The summed E-state index contributed by atoms with van der Waals surface area (Å²) in [6, 6.07) is 4.78. The number of nitrogens with zero attached hydrogens (tertiary/aromatic N) is 2. The second-order valence-electron chi connectivity index (χ2n) is 9.54. The van der Waals surface area contributed by atoms with Crippen molar-refractivity contribution in [2.75, 3.05) is 27.0 Å². The average molecular weight is 525 g/mol. The van der Waals surface area contributed by atoms with Gasteiger partial charge in [-0.3, -0.25) is 14.9 Å². The highest BCUT2D eigenvalue weighted by molar-refractivity contribution is 5.90. The van der Waals surface area contributed by atoms with Gasteiger partial charge in [0, 0.05) is 36.2 Å². The monoisotopic (exact) mass is 524 g/mol. The Morgan fingerprint density at radius 1 is 1.26 bits per heavy atom. The van der Waals surface area contributed by atoms with Gasteiger partial charge in [-0.1, -0.05) is 6.92 Å². The molecule has 0 saturated heterocycles. The molecule has 2 N–H and O–H groups in total. The number of hydrogen-bond acceptors (Lipinski definition) is 8. The fraction of sp³-hybridized carbons (Fsp3) is 0.407. The lowest BCUT2D eigenvalue weighted by Gasteiger charge is -2.32. The van der Waals surface area contributed by atoms with E-state index in [4.69, 9.17) is 19.2 Å². The second kappa shape index (κ2) is 9.90. The van der Waals surface area contributed by atoms with Gasteiger partial charge in [0.25, 0.3) is 5.56 Å². The average Bonchev–Trinajstić information content (AvgIpc) is 3.26. The summed E-state index contributed by atoms with van der Waals surface area (Å²) in [5.74, 6) is -1.30. The smallest absolute Gasteiger partial charge is 0.343 e. The number of halogens is 1. The summed E-state index contributed by atoms with van der Waals surface area (Å²) in [4.78, 5) is 43.3. The Kier molecular flexibility index (Phi) is 6.76. The number of cyclic esters (lactones) is 1. The van der Waals surface area contributed by atoms with Crippen LogP contribution >= 0.6 is 0 Å². The van der Waals surface area contributed by atoms with Crippen LogP contribution in [0.3, 0.4) is 0 Å². The van der Waals surface area contributed by atoms with Gasteiger partial charge in [0.2, 0.25) is 5.91 Å². The molecule has 0 bridgehead atoms. The number of hydrogen-bond donors (Lipinski definition) is 2. The Labute approximate surface area is 218 Å². The lowest BCUT2D eigenvalue weighted by molar-refractivity contribution is -0.173. The predicted octanol–water partition coefficient (Wildman–Crippen LogP) is 1.99. The largest absolute Gasteiger partial charge is 0.458 e. The molecular weight excluding hydrogens is 495 g/mol. The molecule has 0 spiro atoms. The number of benzene rings is 1. The fourth-order valence-electron chi connectivity index (χ4n) is 4.98. The predicted molar refractivity (Wildman–Crippen MR) is 136 cm³/mol. The summed E-state index contributed by atoms with van der Waals surface area (Å²) in [6.07, 6.45) is 0. The Balaban J connectivity index is 1.62. The van der Waals surface area contributed by atoms with E-state index in [9.17, 15) is 18.8 Å². The summed E-state index contributed by atoms with van der Waals surface area (Å²) >= 11 is 0. The van der Waals surface area contributed by atoms with E-state index in [-0.39, 0.29) is 44.5 Å². The van der Waals surface area contributed by atoms with Gasteiger partial charge < -0.3 is 24.1 Å². The number of rotatable bonds is 8. The lowest BCUT2D eigenvalue weighted by Crippen LogP contribution is -2.44. The summed E-state index contributed by atoms with van der Waals surface area (Å²) in [6.45, 7) is 6.19. The minimum atomic E-state index is -1.45. The highest BCUT2D eigenvalue weighted by Gasteiger charge is 2.45. The molecular formula is C27H29FN4O6. The molecule has 2 aromatic heterocycles. The van der Waals surface area contributed by atoms with Gasteiger partial charge in [-0.25, -0.2) is 14.2 Å². The first-order valence-corrected chi connectivity index (χ1v) is 12.4. The minimum Gasteiger partial charge on any atom is -0.458 e. The number of esters is 1. The van der Waals surface area contributed by atoms with Crippen LogP contribution in [0.2, 0.25) is 0 Å². The molecule has 3 aromatic rings. The molecule has 1 unspecified atom stereocenters. The molecule has 38 heavy (non-hydrogen) atoms. The van der Waals surface area contributed by atoms with Gasteiger partial charge in [-0.2, -0.15) is 0 Å². The molecule has 0 radical (unpaired) electrons. The molecule has 0 aliphatic carbocycles. The van der Waals surface area contributed by atoms with Gasteiger partial charge in [-0.15, -0.1) is 0 Å². The molecule has 2 aliphatic rings. The van der Waals surface area contributed by atoms with Crippen LogP contribution in [0, 0.1) is 12.7 Å². The SMILES string of the molecule is CCNCOCC(=O)NCc1c2c(nc3cc(F)c(C)cc13)-c1cc3c(c(=O)n1C2)COC(=O)C3(C)OC. The molecule has 11 heteroatoms. The van der Waals surface area contributed by atoms with Crippen molar-refractivity contribution in [3.8, 4) is 11.4 Å². The van der Waals surface area contributed by atoms with Crippen molar-refractivity contribution >= 4 is 22.8 Å². The Bertz CT molecular complexity index is 1530. The highest BCUT2D eigenvalue weighted by Crippen LogP contribution is 2.40. The van der Waals surface area contributed by atoms with Crippen LogP contribution in [0.25, 0.3) is 22.3 Å². The summed E-state index contributed by atoms with van der Waals surface area (Å²) < 4.78 is 32.2. The first-order chi connectivity index (χ1) is 18.2. The van der Waals surface area contributed by atoms with E-state index in [1.807, 2.05) is 6.92 Å². The first-order valence-electron chi connectivity index (χ1n) is 12.4. The van der Waals surface area contributed by atoms with E-state index in [1.165, 1.54) is 13.2 Å². The maximum Gasteiger partial charge on any atom is 0.343 e. The number of aromatic nitrogens is 2. The maximum absolute atomic E-state index is 14.6. The molecule has 0 fully saturated rings. The van der Waals surface area contributed by atoms with Crippen LogP contribution in [0.15, 0.2) is 23.0 Å². The Hall–Kier alpha value is -3.67. The maximum atomic E-state index is 14.6. The summed E-state index contributed by atoms with van der Waals surface area (Å²) in [5, 5.41) is 6.53. The number of ether oxygens (including phenoxy) is 3. The molecule has 1 amide bonds. The van der Waals surface area contributed by atoms with Crippen LogP contribution in [-0.2, 0) is 49.1 Å². The van der Waals surface area contributed by atoms with Crippen molar-refractivity contribution in [1.82, 2.24) is 20.2 Å². The third-order valence-electron chi connectivity index (χ3n) is 7.25. The number of aryl methyl sites for hydroxylation is 1. The molecule has 200 valence electrons. The van der Waals surface area contributed by atoms with E-state index >= 15 is 0 Å². The van der Waals surface area contributed by atoms with Gasteiger partial charge >= 0.3 is 5.97 Å². The molecule has 0 saturated carbocycles. The number of methoxy groups -OCH3 is 1. The van der Waals surface area contributed by atoms with E-state index in [2.05, 4.69) is 10.6 Å². The van der Waals surface area contributed by atoms with E-state index in [0.29, 0.717) is 39.0 Å². The van der Waals surface area contributed by atoms with E-state index < -0.39 is 17.4 Å². The van der Waals surface area contributed by atoms with Crippen LogP contribution < -0.4 is 16.2 Å². The number of pyridine rings is 2. The second-order valence-corrected chi connectivity index (χ2v) is 9.54. The fourth-order valence-corrected chi connectivity index (χ4v) is 4.98. The third-order valence-corrected chi connectivity index (χ3v) is 7.25. The number of fused-ring (bicyclic) bond motifs is 5. The van der Waals surface area contributed by atoms with Crippen molar-refractivity contribution in [2.45, 2.75) is 46.1 Å². The van der Waals surface area contributed by atoms with E-state index in [0.717, 1.165) is 17.7 Å². The molecule has 5 rings (SSSR count). The number of carbonyl (C=O) groups is 2. The summed E-state index contributed by atoms with van der Waals surface area (Å²) in [5.41, 5.74) is 2.28. The van der Waals surface area contributed by atoms with Crippen LogP contribution in [0.4, 0.5) is 4.39 Å². The van der Waals surface area contributed by atoms with Crippen molar-refractivity contribution in [2.24, 2.45) is 0 Å². The van der Waals surface area contributed by atoms with E-state index in [1.54, 1.807) is 30.5 Å². The van der Waals surface area contributed by atoms with Crippen LogP contribution in [-0.4, -0.2) is 48.4 Å². The Morgan fingerprint density at radius 3 is 2.79 bits per heavy atom. The molecule has 1 atom stereocenters. The van der Waals surface area contributed by atoms with Gasteiger partial charge in [0.1, 0.15) is 19.0 Å². The standard InChI is InChI=1S/C27H29FN4O6/c1-5-29-13-37-12-23(33)30-9-16-15-6-14(2)20(28)8-21(15)31-24-17(16)10-32-22(24)7-19-18(25(32)34)11-38-26(35)27(19,3)36-4/h6-8,29H,5,9-13H2,1-4H3,(H,30,33). The van der Waals surface area contributed by atoms with Crippen molar-refractivity contribution in [3.63, 3.8) is 0 Å². The zero-order chi connectivity index (χ0) is 27.2. The minimum absolute atomic E-state index is 0.123.